The van der Waals surface area contributed by atoms with Crippen LogP contribution in [0.1, 0.15) is 15.9 Å². The molecule has 0 aliphatic carbocycles. The van der Waals surface area contributed by atoms with Crippen molar-refractivity contribution in [1.29, 1.82) is 0 Å². The van der Waals surface area contributed by atoms with Crippen molar-refractivity contribution in [3.05, 3.63) is 82.9 Å². The van der Waals surface area contributed by atoms with Gasteiger partial charge in [0.25, 0.3) is 11.8 Å². The molecule has 1 aliphatic rings. The smallest absolute Gasteiger partial charge is 0.262 e. The number of methoxy groups -OCH3 is 1. The van der Waals surface area contributed by atoms with Gasteiger partial charge in [-0.3, -0.25) is 9.59 Å². The Morgan fingerprint density at radius 2 is 1.63 bits per heavy atom. The molecule has 1 heterocycles. The van der Waals surface area contributed by atoms with Crippen LogP contribution in [0.5, 0.6) is 11.5 Å². The molecule has 0 radical (unpaired) electrons. The first-order valence-electron chi connectivity index (χ1n) is 11.4. The van der Waals surface area contributed by atoms with Crippen molar-refractivity contribution >= 4 is 34.8 Å². The van der Waals surface area contributed by atoms with Crippen LogP contribution in [0.15, 0.2) is 66.7 Å². The summed E-state index contributed by atoms with van der Waals surface area (Å²) in [7, 11) is 1.54. The zero-order valence-corrected chi connectivity index (χ0v) is 20.5. The second kappa shape index (κ2) is 11.1. The number of piperazine rings is 1. The molecule has 0 unspecified atom stereocenters. The Bertz CT molecular complexity index is 1170. The maximum atomic E-state index is 13.0. The fourth-order valence-electron chi connectivity index (χ4n) is 3.92. The average Bonchev–Trinajstić information content (AvgIpc) is 2.88. The topological polar surface area (TPSA) is 71.1 Å². The molecular weight excluding hydrogens is 466 g/mol. The van der Waals surface area contributed by atoms with Crippen molar-refractivity contribution in [2.45, 2.75) is 6.92 Å². The van der Waals surface area contributed by atoms with E-state index in [1.54, 1.807) is 25.3 Å². The molecule has 7 nitrogen and oxygen atoms in total. The largest absolute Gasteiger partial charge is 0.496 e. The number of benzene rings is 3. The number of amides is 2. The first kappa shape index (κ1) is 24.4. The lowest BCUT2D eigenvalue weighted by atomic mass is 10.1. The molecular formula is C27H28ClN3O4. The number of anilines is 2. The van der Waals surface area contributed by atoms with Gasteiger partial charge in [0.1, 0.15) is 11.5 Å². The Morgan fingerprint density at radius 3 is 2.29 bits per heavy atom. The third-order valence-electron chi connectivity index (χ3n) is 5.87. The molecule has 1 N–H and O–H groups in total. The number of hydrogen-bond acceptors (Lipinski definition) is 5. The van der Waals surface area contributed by atoms with Crippen LogP contribution in [-0.2, 0) is 4.79 Å². The summed E-state index contributed by atoms with van der Waals surface area (Å²) in [5.41, 5.74) is 3.34. The SMILES string of the molecule is COc1ccc(Cl)cc1C(=O)N1CCN(c2ccc(NC(=O)COc3ccc(C)cc3)cc2)CC1. The van der Waals surface area contributed by atoms with Crippen LogP contribution in [0.4, 0.5) is 11.4 Å². The lowest BCUT2D eigenvalue weighted by Crippen LogP contribution is -2.48. The van der Waals surface area contributed by atoms with Crippen LogP contribution >= 0.6 is 11.6 Å². The van der Waals surface area contributed by atoms with Gasteiger partial charge in [0.05, 0.1) is 12.7 Å². The van der Waals surface area contributed by atoms with Gasteiger partial charge in [0.15, 0.2) is 6.61 Å². The number of aryl methyl sites for hydroxylation is 1. The lowest BCUT2D eigenvalue weighted by Gasteiger charge is -2.36. The summed E-state index contributed by atoms with van der Waals surface area (Å²) in [6.45, 7) is 4.51. The summed E-state index contributed by atoms with van der Waals surface area (Å²) in [5, 5.41) is 3.35. The second-order valence-corrected chi connectivity index (χ2v) is 8.76. The predicted octanol–water partition coefficient (Wildman–Crippen LogP) is 4.64. The minimum absolute atomic E-state index is 0.0573. The maximum Gasteiger partial charge on any atom is 0.262 e. The van der Waals surface area contributed by atoms with E-state index in [1.807, 2.05) is 60.4 Å². The molecule has 3 aromatic rings. The zero-order chi connectivity index (χ0) is 24.8. The highest BCUT2D eigenvalue weighted by Crippen LogP contribution is 2.26. The standard InChI is InChI=1S/C27H28ClN3O4/c1-19-3-10-23(11-4-19)35-18-26(32)29-21-6-8-22(9-7-21)30-13-15-31(16-14-30)27(33)24-17-20(28)5-12-25(24)34-2/h3-12,17H,13-16,18H2,1-2H3,(H,29,32). The quantitative estimate of drug-likeness (QED) is 0.519. The van der Waals surface area contributed by atoms with Gasteiger partial charge < -0.3 is 24.6 Å². The summed E-state index contributed by atoms with van der Waals surface area (Å²) >= 11 is 6.09. The van der Waals surface area contributed by atoms with E-state index in [2.05, 4.69) is 10.2 Å². The molecule has 1 aliphatic heterocycles. The number of halogens is 1. The zero-order valence-electron chi connectivity index (χ0n) is 19.8. The Hall–Kier alpha value is -3.71. The van der Waals surface area contributed by atoms with E-state index in [0.29, 0.717) is 54.0 Å². The van der Waals surface area contributed by atoms with Crippen molar-refractivity contribution in [1.82, 2.24) is 4.90 Å². The van der Waals surface area contributed by atoms with Crippen LogP contribution in [0.2, 0.25) is 5.02 Å². The van der Waals surface area contributed by atoms with Crippen LogP contribution < -0.4 is 19.7 Å². The van der Waals surface area contributed by atoms with Gasteiger partial charge in [-0.05, 0) is 61.5 Å². The van der Waals surface area contributed by atoms with Gasteiger partial charge in [0, 0.05) is 42.6 Å². The summed E-state index contributed by atoms with van der Waals surface area (Å²) in [6, 6.07) is 20.3. The van der Waals surface area contributed by atoms with Crippen molar-refractivity contribution in [3.63, 3.8) is 0 Å². The number of nitrogens with zero attached hydrogens (tertiary/aromatic N) is 2. The summed E-state index contributed by atoms with van der Waals surface area (Å²) in [5.74, 6) is 0.869. The molecule has 182 valence electrons. The van der Waals surface area contributed by atoms with Crippen molar-refractivity contribution < 1.29 is 19.1 Å². The van der Waals surface area contributed by atoms with Gasteiger partial charge in [-0.1, -0.05) is 29.3 Å². The molecule has 0 spiro atoms. The minimum atomic E-state index is -0.220. The van der Waals surface area contributed by atoms with E-state index in [0.717, 1.165) is 11.3 Å². The maximum absolute atomic E-state index is 13.0. The number of rotatable bonds is 7. The van der Waals surface area contributed by atoms with Crippen molar-refractivity contribution in [2.24, 2.45) is 0 Å². The normalized spacial score (nSPS) is 13.3. The molecule has 1 fully saturated rings. The Kier molecular flexibility index (Phi) is 7.77. The molecule has 0 atom stereocenters. The molecule has 0 bridgehead atoms. The van der Waals surface area contributed by atoms with E-state index >= 15 is 0 Å². The van der Waals surface area contributed by atoms with Crippen LogP contribution in [0, 0.1) is 6.92 Å². The number of ether oxygens (including phenoxy) is 2. The molecule has 0 saturated carbocycles. The summed E-state index contributed by atoms with van der Waals surface area (Å²) < 4.78 is 10.9. The molecule has 3 aromatic carbocycles. The van der Waals surface area contributed by atoms with E-state index in [-0.39, 0.29) is 18.4 Å². The molecule has 8 heteroatoms. The predicted molar refractivity (Wildman–Crippen MR) is 138 cm³/mol. The van der Waals surface area contributed by atoms with Crippen LogP contribution in [0.25, 0.3) is 0 Å². The summed E-state index contributed by atoms with van der Waals surface area (Å²) in [4.78, 5) is 29.2. The van der Waals surface area contributed by atoms with Gasteiger partial charge in [-0.15, -0.1) is 0 Å². The molecule has 35 heavy (non-hydrogen) atoms. The highest BCUT2D eigenvalue weighted by atomic mass is 35.5. The number of carbonyl (C=O) groups excluding carboxylic acids is 2. The summed E-state index contributed by atoms with van der Waals surface area (Å²) in [6.07, 6.45) is 0. The Balaban J connectivity index is 1.28. The molecule has 2 amide bonds. The first-order valence-corrected chi connectivity index (χ1v) is 11.8. The second-order valence-electron chi connectivity index (χ2n) is 8.32. The third kappa shape index (κ3) is 6.25. The third-order valence-corrected chi connectivity index (χ3v) is 6.10. The minimum Gasteiger partial charge on any atom is -0.496 e. The monoisotopic (exact) mass is 493 g/mol. The highest BCUT2D eigenvalue weighted by Gasteiger charge is 2.24. The van der Waals surface area contributed by atoms with Gasteiger partial charge in [-0.2, -0.15) is 0 Å². The Morgan fingerprint density at radius 1 is 0.943 bits per heavy atom. The number of hydrogen-bond donors (Lipinski definition) is 1. The van der Waals surface area contributed by atoms with Crippen LogP contribution in [-0.4, -0.2) is 56.6 Å². The van der Waals surface area contributed by atoms with Gasteiger partial charge in [0.2, 0.25) is 0 Å². The fraction of sp³-hybridized carbons (Fsp3) is 0.259. The fourth-order valence-corrected chi connectivity index (χ4v) is 4.09. The molecule has 1 saturated heterocycles. The number of nitrogens with one attached hydrogen (secondary N) is 1. The molecule has 4 rings (SSSR count). The number of carbonyl (C=O) groups is 2. The van der Waals surface area contributed by atoms with E-state index in [9.17, 15) is 9.59 Å². The average molecular weight is 494 g/mol. The van der Waals surface area contributed by atoms with Crippen LogP contribution in [0.3, 0.4) is 0 Å². The lowest BCUT2D eigenvalue weighted by molar-refractivity contribution is -0.118. The van der Waals surface area contributed by atoms with E-state index in [4.69, 9.17) is 21.1 Å². The van der Waals surface area contributed by atoms with Crippen molar-refractivity contribution in [3.8, 4) is 11.5 Å². The van der Waals surface area contributed by atoms with Gasteiger partial charge in [-0.25, -0.2) is 0 Å². The first-order chi connectivity index (χ1) is 16.9. The van der Waals surface area contributed by atoms with E-state index < -0.39 is 0 Å². The van der Waals surface area contributed by atoms with Gasteiger partial charge >= 0.3 is 0 Å². The highest BCUT2D eigenvalue weighted by molar-refractivity contribution is 6.31. The van der Waals surface area contributed by atoms with Crippen molar-refractivity contribution in [2.75, 3.05) is 50.1 Å². The Labute approximate surface area is 210 Å². The molecule has 0 aromatic heterocycles. The van der Waals surface area contributed by atoms with E-state index in [1.165, 1.54) is 0 Å².